The Labute approximate surface area is 111 Å². The van der Waals surface area contributed by atoms with Crippen molar-refractivity contribution in [3.05, 3.63) is 22.1 Å². The molecule has 0 aliphatic heterocycles. The molecule has 0 saturated heterocycles. The van der Waals surface area contributed by atoms with E-state index in [1.807, 2.05) is 0 Å². The Bertz CT molecular complexity index is 678. The zero-order valence-electron chi connectivity index (χ0n) is 9.56. The van der Waals surface area contributed by atoms with Crippen LogP contribution in [-0.2, 0) is 10.0 Å². The summed E-state index contributed by atoms with van der Waals surface area (Å²) in [6, 6.07) is 0.412. The van der Waals surface area contributed by atoms with Gasteiger partial charge in [0.2, 0.25) is 10.0 Å². The second-order valence-electron chi connectivity index (χ2n) is 3.56. The van der Waals surface area contributed by atoms with Gasteiger partial charge in [-0.1, -0.05) is 5.21 Å². The van der Waals surface area contributed by atoms with Gasteiger partial charge < -0.3 is 5.11 Å². The Balaban J connectivity index is 2.20. The third-order valence-corrected chi connectivity index (χ3v) is 4.76. The maximum absolute atomic E-state index is 12.0. The number of aromatic nitrogens is 4. The Morgan fingerprint density at radius 2 is 2.32 bits per heavy atom. The largest absolute Gasteiger partial charge is 0.477 e. The second-order valence-corrected chi connectivity index (χ2v) is 6.19. The Morgan fingerprint density at radius 1 is 1.58 bits per heavy atom. The highest BCUT2D eigenvalue weighted by Gasteiger charge is 2.23. The van der Waals surface area contributed by atoms with Crippen molar-refractivity contribution >= 4 is 27.3 Å². The molecular weight excluding hydrogens is 294 g/mol. The summed E-state index contributed by atoms with van der Waals surface area (Å²) in [5, 5.41) is 22.9. The van der Waals surface area contributed by atoms with E-state index in [0.717, 1.165) is 17.4 Å². The van der Waals surface area contributed by atoms with Crippen molar-refractivity contribution in [2.75, 3.05) is 0 Å². The predicted molar refractivity (Wildman–Crippen MR) is 64.2 cm³/mol. The van der Waals surface area contributed by atoms with Gasteiger partial charge in [-0.15, -0.1) is 21.5 Å². The molecule has 1 unspecified atom stereocenters. The number of aromatic amines is 1. The summed E-state index contributed by atoms with van der Waals surface area (Å²) in [6.07, 6.45) is 0. The van der Waals surface area contributed by atoms with E-state index in [1.54, 1.807) is 6.92 Å². The van der Waals surface area contributed by atoms with E-state index in [4.69, 9.17) is 5.11 Å². The van der Waals surface area contributed by atoms with E-state index in [9.17, 15) is 13.2 Å². The number of nitrogens with one attached hydrogen (secondary N) is 2. The van der Waals surface area contributed by atoms with E-state index in [1.165, 1.54) is 5.38 Å². The van der Waals surface area contributed by atoms with E-state index in [2.05, 4.69) is 25.3 Å². The lowest BCUT2D eigenvalue weighted by Gasteiger charge is -2.09. The molecule has 0 spiro atoms. The zero-order valence-corrected chi connectivity index (χ0v) is 11.2. The van der Waals surface area contributed by atoms with Crippen LogP contribution in [0.4, 0.5) is 0 Å². The molecule has 19 heavy (non-hydrogen) atoms. The highest BCUT2D eigenvalue weighted by Crippen LogP contribution is 2.20. The molecule has 0 amide bonds. The summed E-state index contributed by atoms with van der Waals surface area (Å²) in [4.78, 5) is 10.6. The molecular formula is C8H9N5O4S2. The van der Waals surface area contributed by atoms with Gasteiger partial charge in [0, 0.05) is 5.38 Å². The smallest absolute Gasteiger partial charge is 0.345 e. The SMILES string of the molecule is CC(NS(=O)(=O)c1csc(C(=O)O)c1)c1nn[nH]n1. The average molecular weight is 303 g/mol. The number of carboxylic acid groups (broad SMARTS) is 1. The van der Waals surface area contributed by atoms with Crippen LogP contribution in [0.15, 0.2) is 16.3 Å². The summed E-state index contributed by atoms with van der Waals surface area (Å²) in [7, 11) is -3.82. The number of tetrazole rings is 1. The van der Waals surface area contributed by atoms with Crippen molar-refractivity contribution in [2.45, 2.75) is 17.9 Å². The number of sulfonamides is 1. The molecule has 0 saturated carbocycles. The fourth-order valence-electron chi connectivity index (χ4n) is 1.28. The normalized spacial score (nSPS) is 13.3. The first kappa shape index (κ1) is 13.6. The Hall–Kier alpha value is -1.85. The molecule has 0 aliphatic carbocycles. The van der Waals surface area contributed by atoms with Crippen LogP contribution in [0.1, 0.15) is 28.5 Å². The molecule has 1 atom stereocenters. The molecule has 2 aromatic heterocycles. The van der Waals surface area contributed by atoms with Gasteiger partial charge in [-0.3, -0.25) is 0 Å². The van der Waals surface area contributed by atoms with Gasteiger partial charge >= 0.3 is 5.97 Å². The third kappa shape index (κ3) is 2.94. The number of aromatic carboxylic acids is 1. The number of hydrogen-bond donors (Lipinski definition) is 3. The molecule has 2 aromatic rings. The van der Waals surface area contributed by atoms with Crippen molar-refractivity contribution in [1.29, 1.82) is 0 Å². The predicted octanol–water partition coefficient (Wildman–Crippen LogP) is -0.00110. The third-order valence-electron chi connectivity index (χ3n) is 2.18. The highest BCUT2D eigenvalue weighted by molar-refractivity contribution is 7.89. The van der Waals surface area contributed by atoms with Gasteiger partial charge in [-0.05, 0) is 13.0 Å². The van der Waals surface area contributed by atoms with Gasteiger partial charge in [-0.2, -0.15) is 5.21 Å². The van der Waals surface area contributed by atoms with Gasteiger partial charge in [-0.25, -0.2) is 17.9 Å². The fourth-order valence-corrected chi connectivity index (χ4v) is 3.59. The van der Waals surface area contributed by atoms with Gasteiger partial charge in [0.05, 0.1) is 10.9 Å². The average Bonchev–Trinajstić information content (AvgIpc) is 3.00. The van der Waals surface area contributed by atoms with E-state index in [0.29, 0.717) is 0 Å². The van der Waals surface area contributed by atoms with Gasteiger partial charge in [0.25, 0.3) is 0 Å². The lowest BCUT2D eigenvalue weighted by Crippen LogP contribution is -2.27. The number of carboxylic acids is 1. The molecule has 0 aliphatic rings. The minimum atomic E-state index is -3.82. The standard InChI is InChI=1S/C8H9N5O4S2/c1-4(7-9-12-13-10-7)11-19(16,17)5-2-6(8(14)15)18-3-5/h2-4,11H,1H3,(H,14,15)(H,9,10,12,13). The van der Waals surface area contributed by atoms with Crippen LogP contribution in [0.3, 0.4) is 0 Å². The van der Waals surface area contributed by atoms with E-state index >= 15 is 0 Å². The van der Waals surface area contributed by atoms with Crippen LogP contribution in [0.2, 0.25) is 0 Å². The zero-order chi connectivity index (χ0) is 14.0. The molecule has 2 heterocycles. The van der Waals surface area contributed by atoms with E-state index in [-0.39, 0.29) is 15.6 Å². The van der Waals surface area contributed by atoms with Crippen LogP contribution in [-0.4, -0.2) is 40.1 Å². The van der Waals surface area contributed by atoms with Crippen molar-refractivity contribution in [2.24, 2.45) is 0 Å². The van der Waals surface area contributed by atoms with Crippen molar-refractivity contribution in [3.8, 4) is 0 Å². The molecule has 0 fully saturated rings. The summed E-state index contributed by atoms with van der Waals surface area (Å²) in [5.74, 6) is -0.977. The highest BCUT2D eigenvalue weighted by atomic mass is 32.2. The van der Waals surface area contributed by atoms with Crippen LogP contribution < -0.4 is 4.72 Å². The molecule has 2 rings (SSSR count). The molecule has 0 bridgehead atoms. The van der Waals surface area contributed by atoms with Crippen LogP contribution in [0.25, 0.3) is 0 Å². The number of carbonyl (C=O) groups is 1. The number of H-pyrrole nitrogens is 1. The quantitative estimate of drug-likeness (QED) is 0.706. The minimum Gasteiger partial charge on any atom is -0.477 e. The number of nitrogens with zero attached hydrogens (tertiary/aromatic N) is 3. The summed E-state index contributed by atoms with van der Waals surface area (Å²) >= 11 is 0.841. The fraction of sp³-hybridized carbons (Fsp3) is 0.250. The first-order valence-electron chi connectivity index (χ1n) is 4.97. The topological polar surface area (TPSA) is 138 Å². The molecule has 102 valence electrons. The molecule has 9 nitrogen and oxygen atoms in total. The van der Waals surface area contributed by atoms with Crippen LogP contribution in [0.5, 0.6) is 0 Å². The molecule has 11 heteroatoms. The first-order chi connectivity index (χ1) is 8.90. The van der Waals surface area contributed by atoms with E-state index < -0.39 is 22.0 Å². The van der Waals surface area contributed by atoms with Crippen LogP contribution in [0, 0.1) is 0 Å². The minimum absolute atomic E-state index is 0.0485. The number of hydrogen-bond acceptors (Lipinski definition) is 7. The lowest BCUT2D eigenvalue weighted by atomic mass is 10.4. The number of rotatable bonds is 5. The van der Waals surface area contributed by atoms with Crippen molar-refractivity contribution in [1.82, 2.24) is 25.3 Å². The monoisotopic (exact) mass is 303 g/mol. The maximum Gasteiger partial charge on any atom is 0.345 e. The summed E-state index contributed by atoms with van der Waals surface area (Å²) in [6.45, 7) is 1.55. The van der Waals surface area contributed by atoms with Gasteiger partial charge in [0.15, 0.2) is 5.82 Å². The lowest BCUT2D eigenvalue weighted by molar-refractivity contribution is 0.0702. The Morgan fingerprint density at radius 3 is 2.84 bits per heavy atom. The molecule has 0 radical (unpaired) electrons. The van der Waals surface area contributed by atoms with Crippen molar-refractivity contribution < 1.29 is 18.3 Å². The molecule has 0 aromatic carbocycles. The Kier molecular flexibility index (Phi) is 3.59. The maximum atomic E-state index is 12.0. The van der Waals surface area contributed by atoms with Gasteiger partial charge in [0.1, 0.15) is 4.88 Å². The summed E-state index contributed by atoms with van der Waals surface area (Å²) in [5.41, 5.74) is 0. The van der Waals surface area contributed by atoms with Crippen molar-refractivity contribution in [3.63, 3.8) is 0 Å². The van der Waals surface area contributed by atoms with Crippen LogP contribution >= 0.6 is 11.3 Å². The molecule has 3 N–H and O–H groups in total. The second kappa shape index (κ2) is 5.03. The summed E-state index contributed by atoms with van der Waals surface area (Å²) < 4.78 is 26.3. The number of thiophene rings is 1. The first-order valence-corrected chi connectivity index (χ1v) is 7.34.